The zero-order valence-corrected chi connectivity index (χ0v) is 20.7. The van der Waals surface area contributed by atoms with Gasteiger partial charge in [0.15, 0.2) is 0 Å². The Kier molecular flexibility index (Phi) is 7.02. The van der Waals surface area contributed by atoms with E-state index in [0.717, 1.165) is 101 Å². The summed E-state index contributed by atoms with van der Waals surface area (Å²) >= 11 is 0. The second-order valence-electron chi connectivity index (χ2n) is 10.1. The van der Waals surface area contributed by atoms with Crippen LogP contribution in [0, 0.1) is 0 Å². The van der Waals surface area contributed by atoms with Crippen molar-refractivity contribution in [2.24, 2.45) is 0 Å². The van der Waals surface area contributed by atoms with Crippen molar-refractivity contribution >= 4 is 17.7 Å². The number of carbonyl (C=O) groups excluding carboxylic acids is 3. The first kappa shape index (κ1) is 23.8. The molecule has 5 aliphatic rings. The molecule has 0 aliphatic carbocycles. The van der Waals surface area contributed by atoms with Gasteiger partial charge in [0, 0.05) is 107 Å². The van der Waals surface area contributed by atoms with Crippen molar-refractivity contribution in [2.45, 2.75) is 57.0 Å². The Morgan fingerprint density at radius 1 is 0.714 bits per heavy atom. The number of hydrogen-bond acceptors (Lipinski definition) is 6. The molecule has 0 atom stereocenters. The van der Waals surface area contributed by atoms with Crippen molar-refractivity contribution in [3.8, 4) is 0 Å². The van der Waals surface area contributed by atoms with Crippen molar-refractivity contribution in [1.82, 2.24) is 24.9 Å². The predicted molar refractivity (Wildman–Crippen MR) is 131 cm³/mol. The van der Waals surface area contributed by atoms with Crippen molar-refractivity contribution in [3.63, 3.8) is 0 Å². The van der Waals surface area contributed by atoms with E-state index >= 15 is 0 Å². The largest absolute Gasteiger partial charge is 0.501 e. The third-order valence-electron chi connectivity index (χ3n) is 8.21. The van der Waals surface area contributed by atoms with Gasteiger partial charge in [-0.15, -0.1) is 0 Å². The molecule has 0 spiro atoms. The minimum atomic E-state index is 0.000813. The molecule has 5 aliphatic heterocycles. The van der Waals surface area contributed by atoms with Crippen molar-refractivity contribution < 1.29 is 19.1 Å². The quantitative estimate of drug-likeness (QED) is 0.633. The molecule has 0 aromatic rings. The van der Waals surface area contributed by atoms with E-state index in [4.69, 9.17) is 4.74 Å². The smallest absolute Gasteiger partial charge is 0.250 e. The summed E-state index contributed by atoms with van der Waals surface area (Å²) in [6, 6.07) is 0.538. The minimum absolute atomic E-state index is 0.000813. The van der Waals surface area contributed by atoms with Crippen LogP contribution in [0.2, 0.25) is 0 Å². The summed E-state index contributed by atoms with van der Waals surface area (Å²) in [7, 11) is 1.62. The Morgan fingerprint density at radius 3 is 1.77 bits per heavy atom. The lowest BCUT2D eigenvalue weighted by atomic mass is 9.97. The summed E-state index contributed by atoms with van der Waals surface area (Å²) in [5, 5.41) is 2.84. The van der Waals surface area contributed by atoms with Crippen LogP contribution in [-0.4, -0.2) is 102 Å². The van der Waals surface area contributed by atoms with Crippen LogP contribution < -0.4 is 5.32 Å². The van der Waals surface area contributed by atoms with Gasteiger partial charge in [-0.2, -0.15) is 0 Å². The van der Waals surface area contributed by atoms with Gasteiger partial charge in [-0.3, -0.25) is 14.4 Å². The molecule has 3 amide bonds. The second-order valence-corrected chi connectivity index (χ2v) is 10.1. The highest BCUT2D eigenvalue weighted by Gasteiger charge is 2.34. The molecule has 0 aromatic heterocycles. The molecule has 5 heterocycles. The molecule has 9 heteroatoms. The summed E-state index contributed by atoms with van der Waals surface area (Å²) in [5.41, 5.74) is 2.27. The monoisotopic (exact) mass is 483 g/mol. The van der Waals surface area contributed by atoms with Gasteiger partial charge < -0.3 is 29.7 Å². The molecule has 190 valence electrons. The number of likely N-dealkylation sites (tertiary alicyclic amines) is 2. The van der Waals surface area contributed by atoms with Gasteiger partial charge in [0.05, 0.1) is 7.11 Å². The van der Waals surface area contributed by atoms with E-state index in [9.17, 15) is 14.4 Å². The Hall–Kier alpha value is -2.97. The summed E-state index contributed by atoms with van der Waals surface area (Å²) in [6.45, 7) is 5.77. The highest BCUT2D eigenvalue weighted by atomic mass is 16.5. The lowest BCUT2D eigenvalue weighted by Crippen LogP contribution is -2.51. The Bertz CT molecular complexity index is 941. The summed E-state index contributed by atoms with van der Waals surface area (Å²) in [5.74, 6) is 0.957. The number of ether oxygens (including phenoxy) is 1. The van der Waals surface area contributed by atoms with Gasteiger partial charge in [-0.05, 0) is 25.7 Å². The molecule has 0 aromatic carbocycles. The number of methoxy groups -OCH3 is 1. The molecular weight excluding hydrogens is 446 g/mol. The molecule has 1 N–H and O–H groups in total. The number of amides is 3. The molecule has 0 unspecified atom stereocenters. The fourth-order valence-electron chi connectivity index (χ4n) is 6.18. The average molecular weight is 484 g/mol. The molecular formula is C26H37N5O4. The first-order valence-electron chi connectivity index (χ1n) is 13.1. The SMILES string of the molecule is COC1=CC(=O)N(C2CCN(C3=CC(=O)N(C4CCN(C5=CC(=O)NCC5)CC4)CC3)CC2)CC1. The highest BCUT2D eigenvalue weighted by Crippen LogP contribution is 2.28. The zero-order valence-electron chi connectivity index (χ0n) is 20.7. The third kappa shape index (κ3) is 5.18. The van der Waals surface area contributed by atoms with Crippen LogP contribution in [0.3, 0.4) is 0 Å². The molecule has 0 bridgehead atoms. The number of nitrogens with zero attached hydrogens (tertiary/aromatic N) is 4. The maximum Gasteiger partial charge on any atom is 0.250 e. The van der Waals surface area contributed by atoms with E-state index in [2.05, 4.69) is 20.0 Å². The first-order valence-corrected chi connectivity index (χ1v) is 13.1. The molecule has 5 rings (SSSR count). The van der Waals surface area contributed by atoms with E-state index in [1.807, 2.05) is 11.0 Å². The fraction of sp³-hybridized carbons (Fsp3) is 0.654. The normalized spacial score (nSPS) is 25.3. The highest BCUT2D eigenvalue weighted by molar-refractivity contribution is 5.90. The van der Waals surface area contributed by atoms with Gasteiger partial charge in [0.25, 0.3) is 0 Å². The van der Waals surface area contributed by atoms with Gasteiger partial charge in [-0.25, -0.2) is 0 Å². The van der Waals surface area contributed by atoms with Crippen LogP contribution in [0.4, 0.5) is 0 Å². The second kappa shape index (κ2) is 10.3. The number of rotatable bonds is 5. The van der Waals surface area contributed by atoms with Crippen molar-refractivity contribution in [2.75, 3.05) is 52.9 Å². The zero-order chi connectivity index (χ0) is 24.4. The third-order valence-corrected chi connectivity index (χ3v) is 8.21. The lowest BCUT2D eigenvalue weighted by molar-refractivity contribution is -0.130. The van der Waals surface area contributed by atoms with Gasteiger partial charge in [0.2, 0.25) is 17.7 Å². The van der Waals surface area contributed by atoms with Crippen LogP contribution in [0.15, 0.2) is 35.4 Å². The maximum absolute atomic E-state index is 13.1. The molecule has 0 radical (unpaired) electrons. The number of piperidine rings is 2. The lowest BCUT2D eigenvalue weighted by Gasteiger charge is -2.44. The van der Waals surface area contributed by atoms with Gasteiger partial charge in [0.1, 0.15) is 5.76 Å². The Morgan fingerprint density at radius 2 is 1.26 bits per heavy atom. The predicted octanol–water partition coefficient (Wildman–Crippen LogP) is 1.20. The summed E-state index contributed by atoms with van der Waals surface area (Å²) < 4.78 is 5.24. The maximum atomic E-state index is 13.1. The van der Waals surface area contributed by atoms with Crippen LogP contribution in [0.25, 0.3) is 0 Å². The molecule has 35 heavy (non-hydrogen) atoms. The first-order chi connectivity index (χ1) is 17.0. The van der Waals surface area contributed by atoms with E-state index in [1.54, 1.807) is 19.3 Å². The van der Waals surface area contributed by atoms with Crippen LogP contribution in [0.1, 0.15) is 44.9 Å². The summed E-state index contributed by atoms with van der Waals surface area (Å²) in [6.07, 6.45) is 11.5. The molecule has 2 saturated heterocycles. The summed E-state index contributed by atoms with van der Waals surface area (Å²) in [4.78, 5) is 45.9. The van der Waals surface area contributed by atoms with Crippen LogP contribution in [-0.2, 0) is 19.1 Å². The van der Waals surface area contributed by atoms with Crippen molar-refractivity contribution in [3.05, 3.63) is 35.4 Å². The van der Waals surface area contributed by atoms with Gasteiger partial charge in [-0.1, -0.05) is 0 Å². The number of nitrogens with one attached hydrogen (secondary N) is 1. The molecule has 9 nitrogen and oxygen atoms in total. The van der Waals surface area contributed by atoms with Gasteiger partial charge >= 0.3 is 0 Å². The van der Waals surface area contributed by atoms with Crippen LogP contribution in [0.5, 0.6) is 0 Å². The average Bonchev–Trinajstić information content (AvgIpc) is 2.89. The minimum Gasteiger partial charge on any atom is -0.501 e. The van der Waals surface area contributed by atoms with E-state index in [0.29, 0.717) is 6.54 Å². The number of carbonyl (C=O) groups is 3. The molecule has 0 saturated carbocycles. The Labute approximate surface area is 207 Å². The number of hydrogen-bond donors (Lipinski definition) is 1. The van der Waals surface area contributed by atoms with E-state index in [-0.39, 0.29) is 29.8 Å². The standard InChI is InChI=1S/C26H37N5O4/c1-35-23-8-15-31(26(34)18-23)20-5-12-29(13-6-20)22-7-14-30(25(33)17-22)19-3-10-28(11-4-19)21-2-9-27-24(32)16-21/h16-20H,2-15H2,1H3,(H,27,32). The van der Waals surface area contributed by atoms with E-state index in [1.165, 1.54) is 0 Å². The molecule has 2 fully saturated rings. The van der Waals surface area contributed by atoms with Crippen molar-refractivity contribution in [1.29, 1.82) is 0 Å². The van der Waals surface area contributed by atoms with E-state index < -0.39 is 0 Å². The van der Waals surface area contributed by atoms with Crippen LogP contribution >= 0.6 is 0 Å². The fourth-order valence-corrected chi connectivity index (χ4v) is 6.18. The Balaban J connectivity index is 1.11. The topological polar surface area (TPSA) is 85.4 Å².